The molecule has 0 radical (unpaired) electrons. The van der Waals surface area contributed by atoms with E-state index in [-0.39, 0.29) is 5.75 Å². The molecular weight excluding hydrogens is 305 g/mol. The van der Waals surface area contributed by atoms with Gasteiger partial charge in [-0.1, -0.05) is 26.0 Å². The first kappa shape index (κ1) is 17.3. The van der Waals surface area contributed by atoms with Crippen LogP contribution in [0.4, 0.5) is 13.2 Å². The SMILES string of the molecule is CCN(CC)Cc1ccc(O)c(-c2ccc(C(F)(F)F)nc2)c1. The highest BCUT2D eigenvalue weighted by Gasteiger charge is 2.32. The first-order valence-corrected chi connectivity index (χ1v) is 7.43. The number of phenols is 1. The van der Waals surface area contributed by atoms with Gasteiger partial charge in [0.1, 0.15) is 11.4 Å². The van der Waals surface area contributed by atoms with Crippen molar-refractivity contribution in [2.45, 2.75) is 26.6 Å². The standard InChI is InChI=1S/C17H19F3N2O/c1-3-22(4-2)11-12-5-7-15(23)14(9-12)13-6-8-16(21-10-13)17(18,19)20/h5-10,23H,3-4,11H2,1-2H3. The molecule has 0 saturated heterocycles. The van der Waals surface area contributed by atoms with Gasteiger partial charge in [-0.05, 0) is 36.9 Å². The van der Waals surface area contributed by atoms with Crippen LogP contribution in [0, 0.1) is 0 Å². The zero-order valence-electron chi connectivity index (χ0n) is 13.1. The number of aromatic nitrogens is 1. The van der Waals surface area contributed by atoms with Crippen LogP contribution >= 0.6 is 0 Å². The molecule has 1 N–H and O–H groups in total. The zero-order valence-corrected chi connectivity index (χ0v) is 13.1. The number of phenolic OH excluding ortho intramolecular Hbond substituents is 1. The second kappa shape index (κ2) is 7.00. The molecular formula is C17H19F3N2O. The van der Waals surface area contributed by atoms with E-state index in [0.29, 0.717) is 17.7 Å². The van der Waals surface area contributed by atoms with Gasteiger partial charge in [0.25, 0.3) is 0 Å². The highest BCUT2D eigenvalue weighted by molar-refractivity contribution is 5.70. The summed E-state index contributed by atoms with van der Waals surface area (Å²) in [4.78, 5) is 5.65. The maximum atomic E-state index is 12.6. The summed E-state index contributed by atoms with van der Waals surface area (Å²) >= 11 is 0. The van der Waals surface area contributed by atoms with E-state index in [4.69, 9.17) is 0 Å². The summed E-state index contributed by atoms with van der Waals surface area (Å²) in [7, 11) is 0. The Kier molecular flexibility index (Phi) is 5.26. The third-order valence-electron chi connectivity index (χ3n) is 3.73. The highest BCUT2D eigenvalue weighted by Crippen LogP contribution is 2.32. The van der Waals surface area contributed by atoms with Crippen LogP contribution < -0.4 is 0 Å². The molecule has 1 heterocycles. The van der Waals surface area contributed by atoms with Gasteiger partial charge in [-0.3, -0.25) is 9.88 Å². The van der Waals surface area contributed by atoms with Crippen LogP contribution in [0.15, 0.2) is 36.5 Å². The van der Waals surface area contributed by atoms with E-state index in [1.54, 1.807) is 12.1 Å². The van der Waals surface area contributed by atoms with E-state index in [0.717, 1.165) is 30.9 Å². The summed E-state index contributed by atoms with van der Waals surface area (Å²) < 4.78 is 37.7. The van der Waals surface area contributed by atoms with Gasteiger partial charge < -0.3 is 5.11 Å². The highest BCUT2D eigenvalue weighted by atomic mass is 19.4. The molecule has 6 heteroatoms. The smallest absolute Gasteiger partial charge is 0.433 e. The summed E-state index contributed by atoms with van der Waals surface area (Å²) in [6.07, 6.45) is -3.33. The van der Waals surface area contributed by atoms with Gasteiger partial charge >= 0.3 is 6.18 Å². The van der Waals surface area contributed by atoms with Gasteiger partial charge in [0.15, 0.2) is 0 Å². The van der Waals surface area contributed by atoms with Crippen molar-refractivity contribution in [3.8, 4) is 16.9 Å². The summed E-state index contributed by atoms with van der Waals surface area (Å²) in [6.45, 7) is 6.63. The maximum Gasteiger partial charge on any atom is 0.433 e. The lowest BCUT2D eigenvalue weighted by atomic mass is 10.0. The fourth-order valence-electron chi connectivity index (χ4n) is 2.34. The fourth-order valence-corrected chi connectivity index (χ4v) is 2.34. The molecule has 124 valence electrons. The van der Waals surface area contributed by atoms with E-state index in [1.807, 2.05) is 6.07 Å². The minimum atomic E-state index is -4.47. The van der Waals surface area contributed by atoms with Crippen LogP contribution in [-0.4, -0.2) is 28.1 Å². The number of hydrogen-bond acceptors (Lipinski definition) is 3. The van der Waals surface area contributed by atoms with Crippen molar-refractivity contribution in [3.05, 3.63) is 47.8 Å². The number of nitrogens with zero attached hydrogens (tertiary/aromatic N) is 2. The number of pyridine rings is 1. The molecule has 0 aliphatic rings. The molecule has 2 rings (SSSR count). The molecule has 23 heavy (non-hydrogen) atoms. The molecule has 1 aromatic carbocycles. The second-order valence-electron chi connectivity index (χ2n) is 5.24. The Labute approximate surface area is 133 Å². The summed E-state index contributed by atoms with van der Waals surface area (Å²) in [5.74, 6) is 0.0230. The van der Waals surface area contributed by atoms with Gasteiger partial charge in [-0.25, -0.2) is 0 Å². The molecule has 0 amide bonds. The molecule has 0 unspecified atom stereocenters. The van der Waals surface area contributed by atoms with Crippen LogP contribution in [0.2, 0.25) is 0 Å². The molecule has 0 atom stereocenters. The summed E-state index contributed by atoms with van der Waals surface area (Å²) in [5.41, 5.74) is 0.981. The van der Waals surface area contributed by atoms with Crippen LogP contribution in [0.1, 0.15) is 25.1 Å². The number of hydrogen-bond donors (Lipinski definition) is 1. The van der Waals surface area contributed by atoms with Crippen molar-refractivity contribution in [3.63, 3.8) is 0 Å². The van der Waals surface area contributed by atoms with Gasteiger partial charge in [0, 0.05) is 23.9 Å². The Morgan fingerprint density at radius 2 is 1.78 bits per heavy atom. The minimum Gasteiger partial charge on any atom is -0.507 e. The third kappa shape index (κ3) is 4.22. The molecule has 2 aromatic rings. The van der Waals surface area contributed by atoms with E-state index < -0.39 is 11.9 Å². The Morgan fingerprint density at radius 1 is 1.09 bits per heavy atom. The van der Waals surface area contributed by atoms with Crippen molar-refractivity contribution in [2.24, 2.45) is 0 Å². The molecule has 0 aliphatic heterocycles. The summed E-state index contributed by atoms with van der Waals surface area (Å²) in [5, 5.41) is 10.0. The number of alkyl halides is 3. The molecule has 0 spiro atoms. The normalized spacial score (nSPS) is 11.9. The van der Waals surface area contributed by atoms with Crippen molar-refractivity contribution >= 4 is 0 Å². The number of benzene rings is 1. The van der Waals surface area contributed by atoms with Gasteiger partial charge in [0.2, 0.25) is 0 Å². The van der Waals surface area contributed by atoms with Crippen molar-refractivity contribution < 1.29 is 18.3 Å². The lowest BCUT2D eigenvalue weighted by Gasteiger charge is -2.18. The zero-order chi connectivity index (χ0) is 17.0. The lowest BCUT2D eigenvalue weighted by molar-refractivity contribution is -0.141. The van der Waals surface area contributed by atoms with E-state index in [9.17, 15) is 18.3 Å². The molecule has 1 aromatic heterocycles. The molecule has 0 saturated carbocycles. The topological polar surface area (TPSA) is 36.4 Å². The van der Waals surface area contributed by atoms with Gasteiger partial charge in [0.05, 0.1) is 0 Å². The number of aromatic hydroxyl groups is 1. The Bertz CT molecular complexity index is 650. The van der Waals surface area contributed by atoms with Crippen molar-refractivity contribution in [1.82, 2.24) is 9.88 Å². The van der Waals surface area contributed by atoms with Crippen molar-refractivity contribution in [2.75, 3.05) is 13.1 Å². The molecule has 0 aliphatic carbocycles. The molecule has 0 fully saturated rings. The van der Waals surface area contributed by atoms with Crippen molar-refractivity contribution in [1.29, 1.82) is 0 Å². The van der Waals surface area contributed by atoms with Crippen LogP contribution in [-0.2, 0) is 12.7 Å². The van der Waals surface area contributed by atoms with E-state index in [2.05, 4.69) is 23.7 Å². The molecule has 0 bridgehead atoms. The Hall–Kier alpha value is -2.08. The average Bonchev–Trinajstić information content (AvgIpc) is 2.53. The van der Waals surface area contributed by atoms with E-state index in [1.165, 1.54) is 6.07 Å². The molecule has 3 nitrogen and oxygen atoms in total. The predicted molar refractivity (Wildman–Crippen MR) is 83.0 cm³/mol. The first-order valence-electron chi connectivity index (χ1n) is 7.43. The van der Waals surface area contributed by atoms with Crippen LogP contribution in [0.5, 0.6) is 5.75 Å². The number of halogens is 3. The second-order valence-corrected chi connectivity index (χ2v) is 5.24. The maximum absolute atomic E-state index is 12.6. The monoisotopic (exact) mass is 324 g/mol. The number of rotatable bonds is 5. The minimum absolute atomic E-state index is 0.0230. The predicted octanol–water partition coefficient (Wildman–Crippen LogP) is 4.31. The van der Waals surface area contributed by atoms with E-state index >= 15 is 0 Å². The Morgan fingerprint density at radius 3 is 2.30 bits per heavy atom. The summed E-state index contributed by atoms with van der Waals surface area (Å²) in [6, 6.07) is 7.41. The third-order valence-corrected chi connectivity index (χ3v) is 3.73. The lowest BCUT2D eigenvalue weighted by Crippen LogP contribution is -2.22. The van der Waals surface area contributed by atoms with Crippen LogP contribution in [0.3, 0.4) is 0 Å². The fraction of sp³-hybridized carbons (Fsp3) is 0.353. The van der Waals surface area contributed by atoms with Gasteiger partial charge in [-0.2, -0.15) is 13.2 Å². The quantitative estimate of drug-likeness (QED) is 0.890. The largest absolute Gasteiger partial charge is 0.507 e. The van der Waals surface area contributed by atoms with Gasteiger partial charge in [-0.15, -0.1) is 0 Å². The van der Waals surface area contributed by atoms with Crippen LogP contribution in [0.25, 0.3) is 11.1 Å². The first-order chi connectivity index (χ1) is 10.8. The Balaban J connectivity index is 2.31. The average molecular weight is 324 g/mol.